The maximum Gasteiger partial charge on any atom is 0.240 e. The second kappa shape index (κ2) is 4.44. The lowest BCUT2D eigenvalue weighted by atomic mass is 10.2. The topological polar surface area (TPSA) is 47.9 Å². The van der Waals surface area contributed by atoms with Crippen LogP contribution in [0.3, 0.4) is 0 Å². The summed E-state index contributed by atoms with van der Waals surface area (Å²) in [5.74, 6) is 1.18. The highest BCUT2D eigenvalue weighted by molar-refractivity contribution is 5.64. The summed E-state index contributed by atoms with van der Waals surface area (Å²) < 4.78 is 10.1. The SMILES string of the molecule is COc1cc(C)c(N=C=O)c(OC)c1. The summed E-state index contributed by atoms with van der Waals surface area (Å²) in [5, 5.41) is 0. The monoisotopic (exact) mass is 193 g/mol. The minimum atomic E-state index is 0.489. The molecule has 1 rings (SSSR count). The molecule has 0 heterocycles. The van der Waals surface area contributed by atoms with Gasteiger partial charge in [-0.2, -0.15) is 4.99 Å². The number of nitrogens with zero attached hydrogens (tertiary/aromatic N) is 1. The van der Waals surface area contributed by atoms with Gasteiger partial charge in [0.15, 0.2) is 0 Å². The molecule has 4 heteroatoms. The molecule has 0 amide bonds. The third-order valence-electron chi connectivity index (χ3n) is 1.85. The smallest absolute Gasteiger partial charge is 0.240 e. The molecule has 14 heavy (non-hydrogen) atoms. The van der Waals surface area contributed by atoms with Crippen molar-refractivity contribution in [1.29, 1.82) is 0 Å². The van der Waals surface area contributed by atoms with Gasteiger partial charge in [0, 0.05) is 6.07 Å². The van der Waals surface area contributed by atoms with E-state index in [0.29, 0.717) is 17.2 Å². The van der Waals surface area contributed by atoms with Crippen molar-refractivity contribution in [2.24, 2.45) is 4.99 Å². The Morgan fingerprint density at radius 3 is 2.50 bits per heavy atom. The van der Waals surface area contributed by atoms with Gasteiger partial charge in [-0.15, -0.1) is 0 Å². The number of aliphatic imine (C=N–C) groups is 1. The van der Waals surface area contributed by atoms with Crippen LogP contribution in [0.1, 0.15) is 5.56 Å². The summed E-state index contributed by atoms with van der Waals surface area (Å²) in [5.41, 5.74) is 1.30. The molecule has 74 valence electrons. The molecule has 0 unspecified atom stereocenters. The second-order valence-corrected chi connectivity index (χ2v) is 2.70. The van der Waals surface area contributed by atoms with Gasteiger partial charge in [-0.3, -0.25) is 0 Å². The normalized spacial score (nSPS) is 9.07. The van der Waals surface area contributed by atoms with Crippen LogP contribution in [-0.4, -0.2) is 20.3 Å². The molecular formula is C10H11NO3. The first-order valence-corrected chi connectivity index (χ1v) is 4.03. The first-order chi connectivity index (χ1) is 6.72. The van der Waals surface area contributed by atoms with E-state index in [4.69, 9.17) is 9.47 Å². The number of isocyanates is 1. The summed E-state index contributed by atoms with van der Waals surface area (Å²) in [6.07, 6.45) is 1.49. The molecule has 0 fully saturated rings. The third kappa shape index (κ3) is 1.92. The third-order valence-corrected chi connectivity index (χ3v) is 1.85. The Labute approximate surface area is 82.2 Å². The Kier molecular flexibility index (Phi) is 3.26. The van der Waals surface area contributed by atoms with E-state index in [0.717, 1.165) is 5.56 Å². The highest BCUT2D eigenvalue weighted by Crippen LogP contribution is 2.34. The van der Waals surface area contributed by atoms with Crippen molar-refractivity contribution in [2.45, 2.75) is 6.92 Å². The number of rotatable bonds is 3. The van der Waals surface area contributed by atoms with Crippen molar-refractivity contribution in [3.05, 3.63) is 17.7 Å². The van der Waals surface area contributed by atoms with Crippen LogP contribution in [0.5, 0.6) is 11.5 Å². The molecule has 0 aliphatic rings. The maximum atomic E-state index is 10.2. The molecule has 0 atom stereocenters. The van der Waals surface area contributed by atoms with Crippen LogP contribution in [0, 0.1) is 6.92 Å². The lowest BCUT2D eigenvalue weighted by molar-refractivity contribution is 0.394. The van der Waals surface area contributed by atoms with Gasteiger partial charge in [0.2, 0.25) is 6.08 Å². The molecule has 0 spiro atoms. The lowest BCUT2D eigenvalue weighted by Gasteiger charge is -2.08. The van der Waals surface area contributed by atoms with Gasteiger partial charge in [0.05, 0.1) is 14.2 Å². The second-order valence-electron chi connectivity index (χ2n) is 2.70. The van der Waals surface area contributed by atoms with E-state index < -0.39 is 0 Å². The van der Waals surface area contributed by atoms with Gasteiger partial charge in [0.1, 0.15) is 17.2 Å². The minimum Gasteiger partial charge on any atom is -0.497 e. The molecular weight excluding hydrogens is 182 g/mol. The first-order valence-electron chi connectivity index (χ1n) is 4.03. The van der Waals surface area contributed by atoms with E-state index in [1.54, 1.807) is 19.2 Å². The van der Waals surface area contributed by atoms with Crippen molar-refractivity contribution >= 4 is 11.8 Å². The van der Waals surface area contributed by atoms with E-state index in [9.17, 15) is 4.79 Å². The predicted molar refractivity (Wildman–Crippen MR) is 52.1 cm³/mol. The molecule has 4 nitrogen and oxygen atoms in total. The van der Waals surface area contributed by atoms with Gasteiger partial charge in [0.25, 0.3) is 0 Å². The average molecular weight is 193 g/mol. The fraction of sp³-hybridized carbons (Fsp3) is 0.300. The first kappa shape index (κ1) is 10.3. The highest BCUT2D eigenvalue weighted by atomic mass is 16.5. The van der Waals surface area contributed by atoms with Crippen LogP contribution in [0.2, 0.25) is 0 Å². The zero-order valence-electron chi connectivity index (χ0n) is 8.33. The Morgan fingerprint density at radius 1 is 1.29 bits per heavy atom. The van der Waals surface area contributed by atoms with Crippen molar-refractivity contribution < 1.29 is 14.3 Å². The van der Waals surface area contributed by atoms with Gasteiger partial charge in [-0.05, 0) is 18.6 Å². The Hall–Kier alpha value is -1.80. The summed E-state index contributed by atoms with van der Waals surface area (Å²) >= 11 is 0. The number of aryl methyl sites for hydroxylation is 1. The fourth-order valence-corrected chi connectivity index (χ4v) is 1.18. The minimum absolute atomic E-state index is 0.489. The maximum absolute atomic E-state index is 10.2. The molecule has 0 aromatic heterocycles. The summed E-state index contributed by atoms with van der Waals surface area (Å²) in [4.78, 5) is 13.7. The van der Waals surface area contributed by atoms with E-state index in [-0.39, 0.29) is 0 Å². The molecule has 0 aliphatic heterocycles. The zero-order chi connectivity index (χ0) is 10.6. The number of hydrogen-bond donors (Lipinski definition) is 0. The van der Waals surface area contributed by atoms with Gasteiger partial charge in [-0.25, -0.2) is 4.79 Å². The Bertz CT molecular complexity index is 381. The number of hydrogen-bond acceptors (Lipinski definition) is 4. The highest BCUT2D eigenvalue weighted by Gasteiger charge is 2.08. The average Bonchev–Trinajstić information content (AvgIpc) is 2.20. The van der Waals surface area contributed by atoms with E-state index >= 15 is 0 Å². The molecule has 0 saturated carbocycles. The number of methoxy groups -OCH3 is 2. The van der Waals surface area contributed by atoms with Crippen molar-refractivity contribution in [3.8, 4) is 11.5 Å². The molecule has 0 bridgehead atoms. The number of carbonyl (C=O) groups excluding carboxylic acids is 1. The number of ether oxygens (including phenoxy) is 2. The van der Waals surface area contributed by atoms with Gasteiger partial charge < -0.3 is 9.47 Å². The van der Waals surface area contributed by atoms with Crippen LogP contribution in [0.25, 0.3) is 0 Å². The largest absolute Gasteiger partial charge is 0.497 e. The van der Waals surface area contributed by atoms with Crippen molar-refractivity contribution in [2.75, 3.05) is 14.2 Å². The van der Waals surface area contributed by atoms with Crippen LogP contribution in [0.15, 0.2) is 17.1 Å². The van der Waals surface area contributed by atoms with Crippen molar-refractivity contribution in [1.82, 2.24) is 0 Å². The van der Waals surface area contributed by atoms with E-state index in [2.05, 4.69) is 4.99 Å². The fourth-order valence-electron chi connectivity index (χ4n) is 1.18. The van der Waals surface area contributed by atoms with Crippen molar-refractivity contribution in [3.63, 3.8) is 0 Å². The summed E-state index contributed by atoms with van der Waals surface area (Å²) in [7, 11) is 3.08. The predicted octanol–water partition coefficient (Wildman–Crippen LogP) is 1.98. The summed E-state index contributed by atoms with van der Waals surface area (Å²) in [6, 6.07) is 3.45. The standard InChI is InChI=1S/C10H11NO3/c1-7-4-8(13-2)5-9(14-3)10(7)11-6-12/h4-5H,1-3H3. The van der Waals surface area contributed by atoms with E-state index in [1.165, 1.54) is 13.2 Å². The Morgan fingerprint density at radius 2 is 2.00 bits per heavy atom. The quantitative estimate of drug-likeness (QED) is 0.544. The van der Waals surface area contributed by atoms with Crippen LogP contribution in [0.4, 0.5) is 5.69 Å². The van der Waals surface area contributed by atoms with E-state index in [1.807, 2.05) is 6.92 Å². The van der Waals surface area contributed by atoms with Crippen LogP contribution < -0.4 is 9.47 Å². The lowest BCUT2D eigenvalue weighted by Crippen LogP contribution is -1.89. The molecule has 0 radical (unpaired) electrons. The molecule has 1 aromatic rings. The van der Waals surface area contributed by atoms with Crippen LogP contribution >= 0.6 is 0 Å². The van der Waals surface area contributed by atoms with Gasteiger partial charge >= 0.3 is 0 Å². The summed E-state index contributed by atoms with van der Waals surface area (Å²) in [6.45, 7) is 1.82. The number of benzene rings is 1. The molecule has 0 aliphatic carbocycles. The zero-order valence-corrected chi connectivity index (χ0v) is 8.33. The molecule has 0 N–H and O–H groups in total. The molecule has 1 aromatic carbocycles. The molecule has 0 saturated heterocycles. The Balaban J connectivity index is 3.34. The van der Waals surface area contributed by atoms with Crippen LogP contribution in [-0.2, 0) is 4.79 Å². The van der Waals surface area contributed by atoms with Gasteiger partial charge in [-0.1, -0.05) is 0 Å².